The summed E-state index contributed by atoms with van der Waals surface area (Å²) in [7, 11) is 1.21. The first kappa shape index (κ1) is 15.2. The van der Waals surface area contributed by atoms with Crippen LogP contribution in [0.3, 0.4) is 0 Å². The summed E-state index contributed by atoms with van der Waals surface area (Å²) >= 11 is 0. The van der Waals surface area contributed by atoms with Crippen molar-refractivity contribution < 1.29 is 19.4 Å². The van der Waals surface area contributed by atoms with Crippen LogP contribution in [0.4, 0.5) is 0 Å². The van der Waals surface area contributed by atoms with E-state index in [1.807, 2.05) is 0 Å². The lowest BCUT2D eigenvalue weighted by Gasteiger charge is -2.22. The fraction of sp³-hybridized carbons (Fsp3) is 0.538. The highest BCUT2D eigenvalue weighted by Gasteiger charge is 2.41. The van der Waals surface area contributed by atoms with Crippen LogP contribution in [0.1, 0.15) is 28.0 Å². The Morgan fingerprint density at radius 1 is 1.43 bits per heavy atom. The van der Waals surface area contributed by atoms with E-state index in [9.17, 15) is 19.5 Å². The summed E-state index contributed by atoms with van der Waals surface area (Å²) in [6.07, 6.45) is -0.722. The van der Waals surface area contributed by atoms with Crippen LogP contribution in [0, 0.1) is 13.8 Å². The number of amides is 1. The van der Waals surface area contributed by atoms with Crippen molar-refractivity contribution in [2.45, 2.75) is 32.4 Å². The molecule has 1 aliphatic heterocycles. The zero-order chi connectivity index (χ0) is 15.7. The van der Waals surface area contributed by atoms with Crippen molar-refractivity contribution in [1.29, 1.82) is 0 Å². The second kappa shape index (κ2) is 5.65. The number of aromatic amines is 1. The van der Waals surface area contributed by atoms with Gasteiger partial charge in [0.1, 0.15) is 11.6 Å². The van der Waals surface area contributed by atoms with E-state index in [4.69, 9.17) is 0 Å². The van der Waals surface area contributed by atoms with Crippen LogP contribution < -0.4 is 5.56 Å². The molecule has 0 radical (unpaired) electrons. The third kappa shape index (κ3) is 2.66. The van der Waals surface area contributed by atoms with Gasteiger partial charge in [-0.1, -0.05) is 0 Å². The molecule has 1 amide bonds. The lowest BCUT2D eigenvalue weighted by Crippen LogP contribution is -2.43. The van der Waals surface area contributed by atoms with Crippen molar-refractivity contribution in [2.75, 3.05) is 13.7 Å². The number of aliphatic hydroxyl groups is 1. The van der Waals surface area contributed by atoms with E-state index in [1.165, 1.54) is 12.0 Å². The van der Waals surface area contributed by atoms with Gasteiger partial charge in [0.2, 0.25) is 0 Å². The Kier molecular flexibility index (Phi) is 4.08. The van der Waals surface area contributed by atoms with E-state index in [-0.39, 0.29) is 18.5 Å². The topological polar surface area (TPSA) is 113 Å². The van der Waals surface area contributed by atoms with E-state index < -0.39 is 29.6 Å². The van der Waals surface area contributed by atoms with Crippen molar-refractivity contribution in [3.05, 3.63) is 27.2 Å². The van der Waals surface area contributed by atoms with Crippen LogP contribution in [0.2, 0.25) is 0 Å². The molecular formula is C13H17N3O5. The maximum atomic E-state index is 12.6. The number of ether oxygens (including phenoxy) is 1. The number of carbonyl (C=O) groups is 2. The first-order valence-corrected chi connectivity index (χ1v) is 6.49. The molecule has 114 valence electrons. The quantitative estimate of drug-likeness (QED) is 0.686. The number of β-amino-alcohol motifs (C(OH)–C–C–N with tert-alkyl or cyclic N) is 1. The minimum absolute atomic E-state index is 0.0150. The first-order chi connectivity index (χ1) is 9.86. The number of likely N-dealkylation sites (tertiary alicyclic amines) is 1. The zero-order valence-electron chi connectivity index (χ0n) is 12.0. The molecule has 2 N–H and O–H groups in total. The van der Waals surface area contributed by atoms with Crippen molar-refractivity contribution >= 4 is 11.9 Å². The Hall–Kier alpha value is -2.22. The predicted molar refractivity (Wildman–Crippen MR) is 71.8 cm³/mol. The van der Waals surface area contributed by atoms with Crippen molar-refractivity contribution in [1.82, 2.24) is 15.1 Å². The molecule has 0 aromatic carbocycles. The van der Waals surface area contributed by atoms with Gasteiger partial charge in [0, 0.05) is 13.0 Å². The molecule has 1 saturated heterocycles. The molecule has 2 heterocycles. The number of carbonyl (C=O) groups excluding carboxylic acids is 2. The lowest BCUT2D eigenvalue weighted by molar-refractivity contribution is -0.145. The van der Waals surface area contributed by atoms with Gasteiger partial charge < -0.3 is 14.7 Å². The normalized spacial score (nSPS) is 21.4. The molecule has 2 rings (SSSR count). The van der Waals surface area contributed by atoms with Crippen molar-refractivity contribution in [3.63, 3.8) is 0 Å². The number of methoxy groups -OCH3 is 1. The number of esters is 1. The largest absolute Gasteiger partial charge is 0.467 e. The van der Waals surface area contributed by atoms with Gasteiger partial charge >= 0.3 is 5.97 Å². The molecule has 0 aliphatic carbocycles. The van der Waals surface area contributed by atoms with Crippen molar-refractivity contribution in [2.24, 2.45) is 0 Å². The van der Waals surface area contributed by atoms with Crippen molar-refractivity contribution in [3.8, 4) is 0 Å². The summed E-state index contributed by atoms with van der Waals surface area (Å²) in [5, 5.41) is 15.7. The Balaban J connectivity index is 2.42. The molecule has 8 heteroatoms. The van der Waals surface area contributed by atoms with Crippen LogP contribution in [-0.2, 0) is 9.53 Å². The van der Waals surface area contributed by atoms with Gasteiger partial charge in [-0.25, -0.2) is 9.89 Å². The van der Waals surface area contributed by atoms with Gasteiger partial charge in [0.05, 0.1) is 18.9 Å². The zero-order valence-corrected chi connectivity index (χ0v) is 12.0. The average molecular weight is 295 g/mol. The van der Waals surface area contributed by atoms with Gasteiger partial charge in [0.15, 0.2) is 0 Å². The van der Waals surface area contributed by atoms with E-state index in [0.717, 1.165) is 0 Å². The van der Waals surface area contributed by atoms with Gasteiger partial charge in [-0.3, -0.25) is 9.59 Å². The van der Waals surface area contributed by atoms with E-state index in [1.54, 1.807) is 13.8 Å². The maximum Gasteiger partial charge on any atom is 0.328 e. The molecule has 1 aliphatic rings. The molecule has 21 heavy (non-hydrogen) atoms. The summed E-state index contributed by atoms with van der Waals surface area (Å²) in [5.74, 6) is -1.22. The van der Waals surface area contributed by atoms with Gasteiger partial charge in [-0.15, -0.1) is 0 Å². The van der Waals surface area contributed by atoms with Gasteiger partial charge in [-0.2, -0.15) is 5.10 Å². The molecule has 8 nitrogen and oxygen atoms in total. The van der Waals surface area contributed by atoms with Crippen LogP contribution in [-0.4, -0.2) is 57.9 Å². The van der Waals surface area contributed by atoms with Gasteiger partial charge in [0.25, 0.3) is 11.5 Å². The molecule has 0 bridgehead atoms. The Morgan fingerprint density at radius 2 is 2.10 bits per heavy atom. The Morgan fingerprint density at radius 3 is 2.71 bits per heavy atom. The number of hydrogen-bond donors (Lipinski definition) is 2. The Bertz CT molecular complexity index is 639. The molecule has 0 spiro atoms. The highest BCUT2D eigenvalue weighted by atomic mass is 16.5. The van der Waals surface area contributed by atoms with E-state index in [0.29, 0.717) is 11.3 Å². The SMILES string of the molecule is COC(=O)C1CC(O)CN1C(=O)c1c(C)c(C)n[nH]c1=O. The summed E-state index contributed by atoms with van der Waals surface area (Å²) in [6.45, 7) is 3.27. The fourth-order valence-electron chi connectivity index (χ4n) is 2.42. The lowest BCUT2D eigenvalue weighted by atomic mass is 10.1. The fourth-order valence-corrected chi connectivity index (χ4v) is 2.42. The molecular weight excluding hydrogens is 278 g/mol. The standard InChI is InChI=1S/C13H17N3O5/c1-6-7(2)14-15-11(18)10(6)12(19)16-5-8(17)4-9(16)13(20)21-3/h8-9,17H,4-5H2,1-3H3,(H,15,18). The van der Waals surface area contributed by atoms with Gasteiger partial charge in [-0.05, 0) is 19.4 Å². The number of aromatic nitrogens is 2. The number of rotatable bonds is 2. The van der Waals surface area contributed by atoms with E-state index in [2.05, 4.69) is 14.9 Å². The highest BCUT2D eigenvalue weighted by molar-refractivity contribution is 5.98. The smallest absolute Gasteiger partial charge is 0.328 e. The second-order valence-corrected chi connectivity index (χ2v) is 5.02. The monoisotopic (exact) mass is 295 g/mol. The number of aliphatic hydroxyl groups excluding tert-OH is 1. The summed E-state index contributed by atoms with van der Waals surface area (Å²) in [4.78, 5) is 37.3. The molecule has 1 aromatic rings. The number of H-pyrrole nitrogens is 1. The summed E-state index contributed by atoms with van der Waals surface area (Å²) in [5.41, 5.74) is 0.291. The molecule has 1 fully saturated rings. The van der Waals surface area contributed by atoms with Crippen LogP contribution >= 0.6 is 0 Å². The molecule has 1 aromatic heterocycles. The minimum Gasteiger partial charge on any atom is -0.467 e. The molecule has 2 unspecified atom stereocenters. The third-order valence-electron chi connectivity index (χ3n) is 3.70. The second-order valence-electron chi connectivity index (χ2n) is 5.02. The number of aryl methyl sites for hydroxylation is 1. The predicted octanol–water partition coefficient (Wildman–Crippen LogP) is -0.865. The Labute approximate surface area is 120 Å². The number of hydrogen-bond acceptors (Lipinski definition) is 6. The van der Waals surface area contributed by atoms with Crippen LogP contribution in [0.25, 0.3) is 0 Å². The third-order valence-corrected chi connectivity index (χ3v) is 3.70. The van der Waals surface area contributed by atoms with E-state index >= 15 is 0 Å². The average Bonchev–Trinajstić information content (AvgIpc) is 2.84. The summed E-state index contributed by atoms with van der Waals surface area (Å²) < 4.78 is 4.64. The number of nitrogens with zero attached hydrogens (tertiary/aromatic N) is 2. The minimum atomic E-state index is -0.884. The summed E-state index contributed by atoms with van der Waals surface area (Å²) in [6, 6.07) is -0.884. The molecule has 0 saturated carbocycles. The molecule has 2 atom stereocenters. The highest BCUT2D eigenvalue weighted by Crippen LogP contribution is 2.22. The van der Waals surface area contributed by atoms with Crippen LogP contribution in [0.5, 0.6) is 0 Å². The first-order valence-electron chi connectivity index (χ1n) is 6.49. The maximum absolute atomic E-state index is 12.6. The van der Waals surface area contributed by atoms with Crippen LogP contribution in [0.15, 0.2) is 4.79 Å². The number of nitrogens with one attached hydrogen (secondary N) is 1.